The molecule has 11 heteroatoms. The molecule has 2 aliphatic rings. The highest BCUT2D eigenvalue weighted by Gasteiger charge is 2.59. The van der Waals surface area contributed by atoms with Crippen molar-refractivity contribution >= 4 is 39.7 Å². The van der Waals surface area contributed by atoms with Gasteiger partial charge in [-0.3, -0.25) is 13.8 Å². The monoisotopic (exact) mass is 656 g/mol. The summed E-state index contributed by atoms with van der Waals surface area (Å²) in [6.07, 6.45) is -1.98. The van der Waals surface area contributed by atoms with Crippen molar-refractivity contribution in [1.29, 1.82) is 0 Å². The van der Waals surface area contributed by atoms with Crippen molar-refractivity contribution in [2.75, 3.05) is 5.75 Å². The molecule has 0 radical (unpaired) electrons. The molecule has 236 valence electrons. The highest BCUT2D eigenvalue weighted by Crippen LogP contribution is 2.41. The Balaban J connectivity index is 1.28. The SMILES string of the molecule is Cc1ccc(S(=O)(=O)OC2CS[C@H]3[C@H](NC(=O)Cc4ccccc4)C(=O)N3C2C(=O)OC(c2ccccc2)c2ccccc2)cc1. The quantitative estimate of drug-likeness (QED) is 0.152. The highest BCUT2D eigenvalue weighted by atomic mass is 32.2. The molecule has 0 aliphatic carbocycles. The second-order valence-corrected chi connectivity index (χ2v) is 13.9. The second kappa shape index (κ2) is 13.5. The van der Waals surface area contributed by atoms with E-state index < -0.39 is 51.7 Å². The Morgan fingerprint density at radius 2 is 1.43 bits per heavy atom. The van der Waals surface area contributed by atoms with Gasteiger partial charge in [0.2, 0.25) is 11.8 Å². The van der Waals surface area contributed by atoms with E-state index in [-0.39, 0.29) is 23.0 Å². The van der Waals surface area contributed by atoms with E-state index in [9.17, 15) is 22.8 Å². The Bertz CT molecular complexity index is 1760. The molecular formula is C35H32N2O7S2. The van der Waals surface area contributed by atoms with Crippen molar-refractivity contribution in [1.82, 2.24) is 10.2 Å². The summed E-state index contributed by atoms with van der Waals surface area (Å²) in [5.74, 6) is -1.60. The number of fused-ring (bicyclic) bond motifs is 1. The number of β-lactam (4-membered cyclic amide) rings is 1. The summed E-state index contributed by atoms with van der Waals surface area (Å²) in [7, 11) is -4.31. The Morgan fingerprint density at radius 3 is 2.02 bits per heavy atom. The topological polar surface area (TPSA) is 119 Å². The summed E-state index contributed by atoms with van der Waals surface area (Å²) in [6, 6.07) is 31.4. The van der Waals surface area contributed by atoms with Gasteiger partial charge >= 0.3 is 5.97 Å². The Kier molecular flexibility index (Phi) is 9.25. The number of amides is 2. The van der Waals surface area contributed by atoms with Crippen molar-refractivity contribution in [3.05, 3.63) is 138 Å². The zero-order valence-electron chi connectivity index (χ0n) is 24.9. The fourth-order valence-corrected chi connectivity index (χ4v) is 8.17. The number of carbonyl (C=O) groups is 3. The number of aryl methyl sites for hydroxylation is 1. The van der Waals surface area contributed by atoms with Crippen molar-refractivity contribution < 1.29 is 31.7 Å². The standard InChI is InChI=1S/C35H32N2O7S2/c1-23-17-19-27(20-18-23)46(41,42)44-28-22-45-34-30(36-29(38)21-24-11-5-2-6-12-24)33(39)37(34)31(28)35(40)43-32(25-13-7-3-8-14-25)26-15-9-4-10-16-26/h2-20,28,30-32,34H,21-22H2,1H3,(H,36,38)/t28?,30-,31?,34+/m1/s1. The summed E-state index contributed by atoms with van der Waals surface area (Å²) in [6.45, 7) is 1.83. The molecule has 2 aliphatic heterocycles. The fraction of sp³-hybridized carbons (Fsp3) is 0.229. The first-order valence-corrected chi connectivity index (χ1v) is 17.2. The molecule has 4 aromatic rings. The maximum Gasteiger partial charge on any atom is 0.332 e. The number of hydrogen-bond donors (Lipinski definition) is 1. The van der Waals surface area contributed by atoms with Crippen molar-refractivity contribution in [2.45, 2.75) is 47.9 Å². The molecule has 0 bridgehead atoms. The number of ether oxygens (including phenoxy) is 1. The number of rotatable bonds is 10. The summed E-state index contributed by atoms with van der Waals surface area (Å²) in [4.78, 5) is 41.9. The third kappa shape index (κ3) is 6.72. The number of hydrogen-bond acceptors (Lipinski definition) is 8. The molecule has 46 heavy (non-hydrogen) atoms. The first-order chi connectivity index (χ1) is 22.2. The van der Waals surface area contributed by atoms with E-state index in [4.69, 9.17) is 8.92 Å². The molecule has 0 aromatic heterocycles. The lowest BCUT2D eigenvalue weighted by molar-refractivity contribution is -0.172. The van der Waals surface area contributed by atoms with Crippen molar-refractivity contribution in [3.8, 4) is 0 Å². The zero-order valence-corrected chi connectivity index (χ0v) is 26.5. The van der Waals surface area contributed by atoms with Gasteiger partial charge in [0.1, 0.15) is 17.5 Å². The average Bonchev–Trinajstić information content (AvgIpc) is 3.07. The van der Waals surface area contributed by atoms with Crippen LogP contribution in [-0.2, 0) is 39.8 Å². The molecule has 2 heterocycles. The molecule has 9 nitrogen and oxygen atoms in total. The smallest absolute Gasteiger partial charge is 0.332 e. The lowest BCUT2D eigenvalue weighted by Crippen LogP contribution is -2.77. The highest BCUT2D eigenvalue weighted by molar-refractivity contribution is 8.00. The largest absolute Gasteiger partial charge is 0.451 e. The zero-order chi connectivity index (χ0) is 32.3. The Hall–Kier alpha value is -4.45. The third-order valence-electron chi connectivity index (χ3n) is 7.93. The maximum absolute atomic E-state index is 14.2. The number of nitrogens with zero attached hydrogens (tertiary/aromatic N) is 1. The molecule has 6 rings (SSSR count). The van der Waals surface area contributed by atoms with Crippen LogP contribution in [0.4, 0.5) is 0 Å². The van der Waals surface area contributed by atoms with Crippen LogP contribution in [0.15, 0.2) is 120 Å². The number of benzene rings is 4. The molecule has 2 unspecified atom stereocenters. The fourth-order valence-electron chi connectivity index (χ4n) is 5.60. The molecule has 2 saturated heterocycles. The molecule has 2 fully saturated rings. The van der Waals surface area contributed by atoms with Crippen LogP contribution >= 0.6 is 11.8 Å². The molecule has 0 spiro atoms. The van der Waals surface area contributed by atoms with Crippen LogP contribution in [0.25, 0.3) is 0 Å². The first-order valence-electron chi connectivity index (χ1n) is 14.8. The van der Waals surface area contributed by atoms with Crippen LogP contribution in [0, 0.1) is 6.92 Å². The minimum absolute atomic E-state index is 0.0612. The first kappa shape index (κ1) is 31.5. The molecule has 4 aromatic carbocycles. The van der Waals surface area contributed by atoms with Crippen molar-refractivity contribution in [3.63, 3.8) is 0 Å². The molecule has 1 N–H and O–H groups in total. The Labute approximate surface area is 272 Å². The lowest BCUT2D eigenvalue weighted by atomic mass is 9.98. The molecule has 2 amide bonds. The van der Waals surface area contributed by atoms with Gasteiger partial charge in [-0.05, 0) is 35.7 Å². The van der Waals surface area contributed by atoms with Gasteiger partial charge in [0, 0.05) is 5.75 Å². The van der Waals surface area contributed by atoms with Crippen LogP contribution in [0.5, 0.6) is 0 Å². The van der Waals surface area contributed by atoms with Gasteiger partial charge < -0.3 is 15.0 Å². The number of esters is 1. The van der Waals surface area contributed by atoms with Gasteiger partial charge in [-0.2, -0.15) is 8.42 Å². The van der Waals surface area contributed by atoms with Crippen LogP contribution in [0.2, 0.25) is 0 Å². The lowest BCUT2D eigenvalue weighted by Gasteiger charge is -2.54. The van der Waals surface area contributed by atoms with Crippen LogP contribution in [-0.4, -0.2) is 60.4 Å². The van der Waals surface area contributed by atoms with Gasteiger partial charge in [0.15, 0.2) is 12.1 Å². The van der Waals surface area contributed by atoms with Gasteiger partial charge in [0.25, 0.3) is 10.1 Å². The Morgan fingerprint density at radius 1 is 0.870 bits per heavy atom. The van der Waals surface area contributed by atoms with E-state index in [1.54, 1.807) is 12.1 Å². The van der Waals surface area contributed by atoms with E-state index >= 15 is 0 Å². The summed E-state index contributed by atoms with van der Waals surface area (Å²) >= 11 is 1.25. The van der Waals surface area contributed by atoms with Gasteiger partial charge in [-0.15, -0.1) is 11.8 Å². The van der Waals surface area contributed by atoms with E-state index in [2.05, 4.69) is 5.32 Å². The molecular weight excluding hydrogens is 625 g/mol. The van der Waals surface area contributed by atoms with Gasteiger partial charge in [-0.25, -0.2) is 4.79 Å². The van der Waals surface area contributed by atoms with E-state index in [1.165, 1.54) is 28.8 Å². The maximum atomic E-state index is 14.2. The normalized spacial score (nSPS) is 20.8. The minimum atomic E-state index is -4.31. The van der Waals surface area contributed by atoms with Crippen LogP contribution in [0.3, 0.4) is 0 Å². The predicted molar refractivity (Wildman–Crippen MR) is 173 cm³/mol. The predicted octanol–water partition coefficient (Wildman–Crippen LogP) is 4.41. The van der Waals surface area contributed by atoms with Gasteiger partial charge in [0.05, 0.1) is 11.3 Å². The third-order valence-corrected chi connectivity index (χ3v) is 10.6. The molecule has 4 atom stereocenters. The number of nitrogens with one attached hydrogen (secondary N) is 1. The van der Waals surface area contributed by atoms with Crippen molar-refractivity contribution in [2.24, 2.45) is 0 Å². The molecule has 0 saturated carbocycles. The summed E-state index contributed by atoms with van der Waals surface area (Å²) in [5, 5.41) is 2.19. The number of carbonyl (C=O) groups excluding carboxylic acids is 3. The number of thioether (sulfide) groups is 1. The van der Waals surface area contributed by atoms with Crippen LogP contribution < -0.4 is 5.32 Å². The van der Waals surface area contributed by atoms with Gasteiger partial charge in [-0.1, -0.05) is 109 Å². The van der Waals surface area contributed by atoms with E-state index in [0.717, 1.165) is 11.1 Å². The second-order valence-electron chi connectivity index (χ2n) is 11.2. The summed E-state index contributed by atoms with van der Waals surface area (Å²) in [5.41, 5.74) is 3.07. The van der Waals surface area contributed by atoms with E-state index in [0.29, 0.717) is 11.1 Å². The average molecular weight is 657 g/mol. The summed E-state index contributed by atoms with van der Waals surface area (Å²) < 4.78 is 38.6. The van der Waals surface area contributed by atoms with E-state index in [1.807, 2.05) is 97.9 Å². The minimum Gasteiger partial charge on any atom is -0.451 e. The van der Waals surface area contributed by atoms with Crippen LogP contribution in [0.1, 0.15) is 28.4 Å².